The fraction of sp³-hybridized carbons (Fsp3) is 0.200. The first-order valence-corrected chi connectivity index (χ1v) is 7.03. The van der Waals surface area contributed by atoms with Crippen molar-refractivity contribution >= 4 is 23.1 Å². The average molecular weight is 303 g/mol. The van der Waals surface area contributed by atoms with Crippen molar-refractivity contribution in [2.24, 2.45) is 0 Å². The van der Waals surface area contributed by atoms with Gasteiger partial charge in [-0.3, -0.25) is 0 Å². The summed E-state index contributed by atoms with van der Waals surface area (Å²) < 4.78 is 1.73. The number of aryl methyl sites for hydroxylation is 1. The second-order valence-electron chi connectivity index (χ2n) is 4.72. The molecule has 2 aromatic heterocycles. The molecule has 0 saturated carbocycles. The molecule has 3 aromatic rings. The Hall–Kier alpha value is -2.11. The van der Waals surface area contributed by atoms with Gasteiger partial charge in [-0.05, 0) is 13.0 Å². The Labute approximate surface area is 127 Å². The van der Waals surface area contributed by atoms with Crippen LogP contribution < -0.4 is 5.32 Å². The zero-order valence-electron chi connectivity index (χ0n) is 11.5. The number of hydrogen-bond donors (Lipinski definition) is 2. The van der Waals surface area contributed by atoms with E-state index in [1.807, 2.05) is 37.3 Å². The van der Waals surface area contributed by atoms with Crippen molar-refractivity contribution < 1.29 is 5.11 Å². The molecule has 108 valence electrons. The molecule has 2 N–H and O–H groups in total. The van der Waals surface area contributed by atoms with E-state index in [4.69, 9.17) is 16.7 Å². The highest BCUT2D eigenvalue weighted by atomic mass is 35.5. The van der Waals surface area contributed by atoms with Crippen LogP contribution >= 0.6 is 11.6 Å². The monoisotopic (exact) mass is 302 g/mol. The molecule has 0 radical (unpaired) electrons. The lowest BCUT2D eigenvalue weighted by Crippen LogP contribution is -2.10. The van der Waals surface area contributed by atoms with Crippen LogP contribution in [0.3, 0.4) is 0 Å². The van der Waals surface area contributed by atoms with Gasteiger partial charge in [0.25, 0.3) is 0 Å². The van der Waals surface area contributed by atoms with Gasteiger partial charge in [0.1, 0.15) is 5.82 Å². The molecule has 21 heavy (non-hydrogen) atoms. The zero-order chi connectivity index (χ0) is 14.8. The summed E-state index contributed by atoms with van der Waals surface area (Å²) in [5, 5.41) is 17.1. The lowest BCUT2D eigenvalue weighted by atomic mass is 10.1. The van der Waals surface area contributed by atoms with Gasteiger partial charge in [0.15, 0.2) is 5.65 Å². The van der Waals surface area contributed by atoms with Gasteiger partial charge < -0.3 is 10.4 Å². The molecule has 0 saturated heterocycles. The van der Waals surface area contributed by atoms with Gasteiger partial charge in [-0.15, -0.1) is 0 Å². The number of halogens is 1. The summed E-state index contributed by atoms with van der Waals surface area (Å²) >= 11 is 6.26. The minimum Gasteiger partial charge on any atom is -0.395 e. The Kier molecular flexibility index (Phi) is 3.77. The summed E-state index contributed by atoms with van der Waals surface area (Å²) in [7, 11) is 0. The molecule has 0 unspecified atom stereocenters. The van der Waals surface area contributed by atoms with Crippen LogP contribution in [-0.4, -0.2) is 32.9 Å². The standard InChI is InChI=1S/C15H15ClN4O/c1-10-9-18-20-14(17-6-7-21)8-13(19-15(10)20)11-4-2-3-5-12(11)16/h2-5,8-9,17,21H,6-7H2,1H3. The summed E-state index contributed by atoms with van der Waals surface area (Å²) in [6.45, 7) is 2.45. The minimum absolute atomic E-state index is 0.0471. The highest BCUT2D eigenvalue weighted by Crippen LogP contribution is 2.29. The molecule has 2 heterocycles. The maximum Gasteiger partial charge on any atom is 0.160 e. The molecular formula is C15H15ClN4O. The van der Waals surface area contributed by atoms with Gasteiger partial charge in [0, 0.05) is 28.8 Å². The summed E-state index contributed by atoms with van der Waals surface area (Å²) in [4.78, 5) is 4.65. The van der Waals surface area contributed by atoms with E-state index in [9.17, 15) is 0 Å². The SMILES string of the molecule is Cc1cnn2c(NCCO)cc(-c3ccccc3Cl)nc12. The number of benzene rings is 1. The van der Waals surface area contributed by atoms with Gasteiger partial charge >= 0.3 is 0 Å². The van der Waals surface area contributed by atoms with Gasteiger partial charge in [-0.25, -0.2) is 4.98 Å². The Morgan fingerprint density at radius 2 is 2.14 bits per heavy atom. The van der Waals surface area contributed by atoms with E-state index in [-0.39, 0.29) is 6.61 Å². The van der Waals surface area contributed by atoms with Crippen molar-refractivity contribution in [3.05, 3.63) is 47.1 Å². The second-order valence-corrected chi connectivity index (χ2v) is 5.13. The third kappa shape index (κ3) is 2.57. The van der Waals surface area contributed by atoms with Gasteiger partial charge in [-0.1, -0.05) is 29.8 Å². The van der Waals surface area contributed by atoms with Gasteiger partial charge in [0.2, 0.25) is 0 Å². The first kappa shape index (κ1) is 13.9. The molecular weight excluding hydrogens is 288 g/mol. The van der Waals surface area contributed by atoms with Gasteiger partial charge in [0.05, 0.1) is 18.5 Å². The average Bonchev–Trinajstić information content (AvgIpc) is 2.87. The number of anilines is 1. The highest BCUT2D eigenvalue weighted by molar-refractivity contribution is 6.33. The molecule has 0 bridgehead atoms. The number of nitrogens with zero attached hydrogens (tertiary/aromatic N) is 3. The molecule has 0 aliphatic rings. The highest BCUT2D eigenvalue weighted by Gasteiger charge is 2.12. The van der Waals surface area contributed by atoms with Crippen molar-refractivity contribution in [1.29, 1.82) is 0 Å². The van der Waals surface area contributed by atoms with Crippen molar-refractivity contribution in [2.45, 2.75) is 6.92 Å². The normalized spacial score (nSPS) is 11.0. The Morgan fingerprint density at radius 1 is 1.33 bits per heavy atom. The fourth-order valence-electron chi connectivity index (χ4n) is 2.19. The molecule has 3 rings (SSSR count). The number of aromatic nitrogens is 3. The van der Waals surface area contributed by atoms with Crippen LogP contribution in [0, 0.1) is 6.92 Å². The predicted molar refractivity (Wildman–Crippen MR) is 83.7 cm³/mol. The molecule has 6 heteroatoms. The second kappa shape index (κ2) is 5.71. The first-order chi connectivity index (χ1) is 10.2. The summed E-state index contributed by atoms with van der Waals surface area (Å²) in [5.74, 6) is 0.775. The van der Waals surface area contributed by atoms with Crippen LogP contribution in [0.2, 0.25) is 5.02 Å². The topological polar surface area (TPSA) is 62.5 Å². The number of rotatable bonds is 4. The lowest BCUT2D eigenvalue weighted by Gasteiger charge is -2.10. The first-order valence-electron chi connectivity index (χ1n) is 6.65. The molecule has 0 atom stereocenters. The maximum absolute atomic E-state index is 9.01. The summed E-state index contributed by atoms with van der Waals surface area (Å²) in [6.07, 6.45) is 1.77. The molecule has 1 aromatic carbocycles. The summed E-state index contributed by atoms with van der Waals surface area (Å²) in [6, 6.07) is 9.47. The quantitative estimate of drug-likeness (QED) is 0.778. The molecule has 0 aliphatic heterocycles. The molecule has 5 nitrogen and oxygen atoms in total. The number of fused-ring (bicyclic) bond motifs is 1. The number of aliphatic hydroxyl groups excluding tert-OH is 1. The fourth-order valence-corrected chi connectivity index (χ4v) is 2.42. The maximum atomic E-state index is 9.01. The van der Waals surface area contributed by atoms with E-state index in [2.05, 4.69) is 15.4 Å². The minimum atomic E-state index is 0.0471. The van der Waals surface area contributed by atoms with Crippen LogP contribution in [0.5, 0.6) is 0 Å². The molecule has 0 fully saturated rings. The molecule has 0 spiro atoms. The smallest absolute Gasteiger partial charge is 0.160 e. The van der Waals surface area contributed by atoms with Crippen LogP contribution in [0.25, 0.3) is 16.9 Å². The number of nitrogens with one attached hydrogen (secondary N) is 1. The van der Waals surface area contributed by atoms with E-state index in [1.54, 1.807) is 10.7 Å². The van der Waals surface area contributed by atoms with Crippen molar-refractivity contribution in [1.82, 2.24) is 14.6 Å². The Balaban J connectivity index is 2.19. The Morgan fingerprint density at radius 3 is 2.90 bits per heavy atom. The number of aliphatic hydroxyl groups is 1. The van der Waals surface area contributed by atoms with Gasteiger partial charge in [-0.2, -0.15) is 9.61 Å². The zero-order valence-corrected chi connectivity index (χ0v) is 12.3. The molecule has 0 amide bonds. The van der Waals surface area contributed by atoms with E-state index in [0.717, 1.165) is 28.3 Å². The predicted octanol–water partition coefficient (Wildman–Crippen LogP) is 2.76. The largest absolute Gasteiger partial charge is 0.395 e. The van der Waals surface area contributed by atoms with Crippen molar-refractivity contribution in [3.63, 3.8) is 0 Å². The van der Waals surface area contributed by atoms with E-state index in [0.29, 0.717) is 11.6 Å². The third-order valence-electron chi connectivity index (χ3n) is 3.22. The summed E-state index contributed by atoms with van der Waals surface area (Å²) in [5.41, 5.74) is 3.40. The van der Waals surface area contributed by atoms with Crippen LogP contribution in [0.15, 0.2) is 36.5 Å². The van der Waals surface area contributed by atoms with Crippen LogP contribution in [-0.2, 0) is 0 Å². The van der Waals surface area contributed by atoms with Crippen LogP contribution in [0.4, 0.5) is 5.82 Å². The Bertz CT molecular complexity index is 784. The molecule has 0 aliphatic carbocycles. The van der Waals surface area contributed by atoms with E-state index < -0.39 is 0 Å². The van der Waals surface area contributed by atoms with Crippen molar-refractivity contribution in [2.75, 3.05) is 18.5 Å². The van der Waals surface area contributed by atoms with E-state index >= 15 is 0 Å². The van der Waals surface area contributed by atoms with E-state index in [1.165, 1.54) is 0 Å². The third-order valence-corrected chi connectivity index (χ3v) is 3.55. The van der Waals surface area contributed by atoms with Crippen LogP contribution in [0.1, 0.15) is 5.56 Å². The number of hydrogen-bond acceptors (Lipinski definition) is 4. The van der Waals surface area contributed by atoms with Crippen molar-refractivity contribution in [3.8, 4) is 11.3 Å². The lowest BCUT2D eigenvalue weighted by molar-refractivity contribution is 0.311.